The van der Waals surface area contributed by atoms with Crippen molar-refractivity contribution in [1.29, 1.82) is 0 Å². The highest BCUT2D eigenvalue weighted by Crippen LogP contribution is 2.22. The molecule has 0 saturated heterocycles. The molecule has 0 radical (unpaired) electrons. The van der Waals surface area contributed by atoms with E-state index in [2.05, 4.69) is 15.1 Å². The van der Waals surface area contributed by atoms with Crippen LogP contribution in [0.5, 0.6) is 0 Å². The van der Waals surface area contributed by atoms with Crippen molar-refractivity contribution in [2.75, 3.05) is 13.1 Å². The van der Waals surface area contributed by atoms with Gasteiger partial charge in [0.1, 0.15) is 5.82 Å². The monoisotopic (exact) mass is 339 g/mol. The first kappa shape index (κ1) is 16.8. The van der Waals surface area contributed by atoms with Gasteiger partial charge in [0.15, 0.2) is 5.82 Å². The molecule has 0 bridgehead atoms. The number of rotatable bonds is 6. The molecule has 1 amide bonds. The highest BCUT2D eigenvalue weighted by Gasteiger charge is 2.20. The van der Waals surface area contributed by atoms with E-state index in [1.807, 2.05) is 19.2 Å². The third-order valence-corrected chi connectivity index (χ3v) is 3.85. The minimum absolute atomic E-state index is 0.253. The standard InChI is InChI=1S/C18H18FN5O/c1-2-23(11-12-24-10-4-9-22-24)18(25)16-13-14(19)5-6-15(16)17-20-7-3-8-21-17/h3-10,13H,2,11-12H2,1H3. The first-order chi connectivity index (χ1) is 12.2. The maximum absolute atomic E-state index is 13.8. The van der Waals surface area contributed by atoms with Crippen LogP contribution < -0.4 is 0 Å². The van der Waals surface area contributed by atoms with Crippen molar-refractivity contribution in [2.45, 2.75) is 13.5 Å². The lowest BCUT2D eigenvalue weighted by Crippen LogP contribution is -2.34. The second kappa shape index (κ2) is 7.65. The summed E-state index contributed by atoms with van der Waals surface area (Å²) in [6.45, 7) is 3.44. The van der Waals surface area contributed by atoms with Crippen molar-refractivity contribution in [2.24, 2.45) is 0 Å². The average molecular weight is 339 g/mol. The molecule has 0 aliphatic carbocycles. The zero-order valence-corrected chi connectivity index (χ0v) is 13.8. The van der Waals surface area contributed by atoms with Gasteiger partial charge >= 0.3 is 0 Å². The Morgan fingerprint density at radius 2 is 2.00 bits per heavy atom. The Hall–Kier alpha value is -3.09. The summed E-state index contributed by atoms with van der Waals surface area (Å²) in [5.41, 5.74) is 0.776. The van der Waals surface area contributed by atoms with Gasteiger partial charge in [-0.1, -0.05) is 0 Å². The summed E-state index contributed by atoms with van der Waals surface area (Å²) in [5.74, 6) is -0.322. The lowest BCUT2D eigenvalue weighted by Gasteiger charge is -2.22. The van der Waals surface area contributed by atoms with Gasteiger partial charge in [-0.2, -0.15) is 5.10 Å². The van der Waals surface area contributed by atoms with Crippen LogP contribution in [0.4, 0.5) is 4.39 Å². The molecule has 0 spiro atoms. The second-order valence-corrected chi connectivity index (χ2v) is 5.42. The number of aromatic nitrogens is 4. The van der Waals surface area contributed by atoms with Crippen LogP contribution in [0.3, 0.4) is 0 Å². The van der Waals surface area contributed by atoms with E-state index in [9.17, 15) is 9.18 Å². The SMILES string of the molecule is CCN(CCn1cccn1)C(=O)c1cc(F)ccc1-c1ncccn1. The number of halogens is 1. The van der Waals surface area contributed by atoms with Crippen LogP contribution in [0.2, 0.25) is 0 Å². The van der Waals surface area contributed by atoms with Gasteiger partial charge in [0.2, 0.25) is 0 Å². The van der Waals surface area contributed by atoms with Crippen LogP contribution in [-0.4, -0.2) is 43.6 Å². The minimum Gasteiger partial charge on any atom is -0.337 e. The van der Waals surface area contributed by atoms with E-state index in [1.54, 1.807) is 40.3 Å². The maximum atomic E-state index is 13.8. The van der Waals surface area contributed by atoms with Gasteiger partial charge in [0.25, 0.3) is 5.91 Å². The predicted octanol–water partition coefficient (Wildman–Crippen LogP) is 2.64. The number of likely N-dealkylation sites (N-methyl/N-ethyl adjacent to an activating group) is 1. The zero-order valence-electron chi connectivity index (χ0n) is 13.8. The fraction of sp³-hybridized carbons (Fsp3) is 0.222. The van der Waals surface area contributed by atoms with E-state index in [0.717, 1.165) is 0 Å². The summed E-state index contributed by atoms with van der Waals surface area (Å²) in [4.78, 5) is 23.0. The molecule has 25 heavy (non-hydrogen) atoms. The Bertz CT molecular complexity index is 836. The Kier molecular flexibility index (Phi) is 5.13. The number of amides is 1. The van der Waals surface area contributed by atoms with E-state index < -0.39 is 5.82 Å². The highest BCUT2D eigenvalue weighted by molar-refractivity contribution is 6.00. The normalized spacial score (nSPS) is 10.6. The average Bonchev–Trinajstić information content (AvgIpc) is 3.16. The molecule has 1 aromatic carbocycles. The Labute approximate surface area is 145 Å². The Morgan fingerprint density at radius 3 is 2.68 bits per heavy atom. The number of carbonyl (C=O) groups is 1. The molecule has 7 heteroatoms. The van der Waals surface area contributed by atoms with E-state index >= 15 is 0 Å². The summed E-state index contributed by atoms with van der Waals surface area (Å²) in [5, 5.41) is 4.13. The topological polar surface area (TPSA) is 63.9 Å². The summed E-state index contributed by atoms with van der Waals surface area (Å²) in [6, 6.07) is 7.61. The van der Waals surface area contributed by atoms with Crippen LogP contribution in [0, 0.1) is 5.82 Å². The van der Waals surface area contributed by atoms with Crippen molar-refractivity contribution in [1.82, 2.24) is 24.6 Å². The molecule has 0 fully saturated rings. The molecule has 0 aliphatic rings. The molecule has 6 nitrogen and oxygen atoms in total. The van der Waals surface area contributed by atoms with Gasteiger partial charge in [-0.05, 0) is 37.3 Å². The third kappa shape index (κ3) is 3.88. The molecule has 2 aromatic heterocycles. The number of hydrogen-bond acceptors (Lipinski definition) is 4. The lowest BCUT2D eigenvalue weighted by atomic mass is 10.0. The number of benzene rings is 1. The molecule has 0 N–H and O–H groups in total. The van der Waals surface area contributed by atoms with Crippen LogP contribution in [-0.2, 0) is 6.54 Å². The van der Waals surface area contributed by atoms with Gasteiger partial charge < -0.3 is 4.90 Å². The van der Waals surface area contributed by atoms with Crippen molar-refractivity contribution in [3.8, 4) is 11.4 Å². The van der Waals surface area contributed by atoms with Gasteiger partial charge in [0.05, 0.1) is 12.1 Å². The Morgan fingerprint density at radius 1 is 1.20 bits per heavy atom. The quantitative estimate of drug-likeness (QED) is 0.692. The van der Waals surface area contributed by atoms with Crippen LogP contribution >= 0.6 is 0 Å². The zero-order chi connectivity index (χ0) is 17.6. The molecular formula is C18H18FN5O. The molecule has 0 unspecified atom stereocenters. The van der Waals surface area contributed by atoms with Gasteiger partial charge in [0, 0.05) is 43.4 Å². The highest BCUT2D eigenvalue weighted by atomic mass is 19.1. The van der Waals surface area contributed by atoms with Crippen LogP contribution in [0.15, 0.2) is 55.1 Å². The fourth-order valence-electron chi connectivity index (χ4n) is 2.56. The van der Waals surface area contributed by atoms with E-state index in [1.165, 1.54) is 12.1 Å². The molecule has 3 aromatic rings. The van der Waals surface area contributed by atoms with Crippen molar-refractivity contribution >= 4 is 5.91 Å². The summed E-state index contributed by atoms with van der Waals surface area (Å²) < 4.78 is 15.5. The molecule has 0 atom stereocenters. The summed E-state index contributed by atoms with van der Waals surface area (Å²) in [6.07, 6.45) is 6.71. The second-order valence-electron chi connectivity index (χ2n) is 5.42. The molecule has 0 aliphatic heterocycles. The molecule has 3 rings (SSSR count). The van der Waals surface area contributed by atoms with Crippen LogP contribution in [0.1, 0.15) is 17.3 Å². The fourth-order valence-corrected chi connectivity index (χ4v) is 2.56. The number of nitrogens with zero attached hydrogens (tertiary/aromatic N) is 5. The first-order valence-electron chi connectivity index (χ1n) is 8.02. The molecule has 128 valence electrons. The van der Waals surface area contributed by atoms with E-state index in [-0.39, 0.29) is 11.5 Å². The molecule has 2 heterocycles. The molecular weight excluding hydrogens is 321 g/mol. The Balaban J connectivity index is 1.88. The summed E-state index contributed by atoms with van der Waals surface area (Å²) >= 11 is 0. The van der Waals surface area contributed by atoms with Crippen molar-refractivity contribution < 1.29 is 9.18 Å². The smallest absolute Gasteiger partial charge is 0.254 e. The lowest BCUT2D eigenvalue weighted by molar-refractivity contribution is 0.0757. The molecule has 0 saturated carbocycles. The number of hydrogen-bond donors (Lipinski definition) is 0. The van der Waals surface area contributed by atoms with E-state index in [4.69, 9.17) is 0 Å². The van der Waals surface area contributed by atoms with Gasteiger partial charge in [-0.3, -0.25) is 9.48 Å². The van der Waals surface area contributed by atoms with Crippen molar-refractivity contribution in [3.63, 3.8) is 0 Å². The third-order valence-electron chi connectivity index (χ3n) is 3.85. The predicted molar refractivity (Wildman–Crippen MR) is 91.2 cm³/mol. The largest absolute Gasteiger partial charge is 0.337 e. The first-order valence-corrected chi connectivity index (χ1v) is 8.02. The van der Waals surface area contributed by atoms with Crippen molar-refractivity contribution in [3.05, 3.63) is 66.5 Å². The minimum atomic E-state index is -0.467. The maximum Gasteiger partial charge on any atom is 0.254 e. The van der Waals surface area contributed by atoms with Gasteiger partial charge in [-0.15, -0.1) is 0 Å². The summed E-state index contributed by atoms with van der Waals surface area (Å²) in [7, 11) is 0. The number of carbonyl (C=O) groups excluding carboxylic acids is 1. The van der Waals surface area contributed by atoms with Gasteiger partial charge in [-0.25, -0.2) is 14.4 Å². The van der Waals surface area contributed by atoms with Crippen LogP contribution in [0.25, 0.3) is 11.4 Å². The van der Waals surface area contributed by atoms with E-state index in [0.29, 0.717) is 31.0 Å².